The smallest absolute Gasteiger partial charge is 0.00235 e. The summed E-state index contributed by atoms with van der Waals surface area (Å²) in [4.78, 5) is 0. The van der Waals surface area contributed by atoms with Gasteiger partial charge in [0.1, 0.15) is 0 Å². The third kappa shape index (κ3) is 3.79. The highest BCUT2D eigenvalue weighted by molar-refractivity contribution is 4.78. The van der Waals surface area contributed by atoms with Gasteiger partial charge in [0.05, 0.1) is 0 Å². The standard InChI is InChI=1S/C14H29N/c1-5-13-6-8-14(9-7-13)12(3)11(2)10-15-4/h11-15H,5-10H2,1-4H3. The van der Waals surface area contributed by atoms with Crippen molar-refractivity contribution < 1.29 is 0 Å². The molecule has 90 valence electrons. The molecule has 1 rings (SSSR count). The highest BCUT2D eigenvalue weighted by Crippen LogP contribution is 2.37. The summed E-state index contributed by atoms with van der Waals surface area (Å²) in [5, 5.41) is 3.31. The van der Waals surface area contributed by atoms with Crippen LogP contribution < -0.4 is 5.32 Å². The first-order valence-electron chi connectivity index (χ1n) is 6.83. The zero-order valence-electron chi connectivity index (χ0n) is 11.1. The molecule has 0 aromatic carbocycles. The monoisotopic (exact) mass is 211 g/mol. The van der Waals surface area contributed by atoms with Crippen molar-refractivity contribution in [1.29, 1.82) is 0 Å². The summed E-state index contributed by atoms with van der Waals surface area (Å²) in [5.41, 5.74) is 0. The van der Waals surface area contributed by atoms with Crippen molar-refractivity contribution in [1.82, 2.24) is 5.32 Å². The fraction of sp³-hybridized carbons (Fsp3) is 1.00. The summed E-state index contributed by atoms with van der Waals surface area (Å²) in [6.45, 7) is 8.37. The minimum absolute atomic E-state index is 0.832. The quantitative estimate of drug-likeness (QED) is 0.731. The fourth-order valence-electron chi connectivity index (χ4n) is 3.09. The van der Waals surface area contributed by atoms with Crippen LogP contribution in [0.3, 0.4) is 0 Å². The normalized spacial score (nSPS) is 31.2. The van der Waals surface area contributed by atoms with Crippen molar-refractivity contribution in [2.75, 3.05) is 13.6 Å². The molecule has 0 spiro atoms. The van der Waals surface area contributed by atoms with Gasteiger partial charge in [-0.2, -0.15) is 0 Å². The van der Waals surface area contributed by atoms with Crippen molar-refractivity contribution in [3.63, 3.8) is 0 Å². The van der Waals surface area contributed by atoms with Crippen LogP contribution in [-0.4, -0.2) is 13.6 Å². The lowest BCUT2D eigenvalue weighted by Gasteiger charge is -2.34. The van der Waals surface area contributed by atoms with Crippen LogP contribution in [0, 0.1) is 23.7 Å². The van der Waals surface area contributed by atoms with E-state index in [9.17, 15) is 0 Å². The maximum Gasteiger partial charge on any atom is -0.00235 e. The van der Waals surface area contributed by atoms with Crippen molar-refractivity contribution in [3.8, 4) is 0 Å². The molecule has 0 bridgehead atoms. The lowest BCUT2D eigenvalue weighted by molar-refractivity contribution is 0.170. The maximum absolute atomic E-state index is 3.31. The Morgan fingerprint density at radius 2 is 1.73 bits per heavy atom. The van der Waals surface area contributed by atoms with Crippen LogP contribution in [0.25, 0.3) is 0 Å². The SMILES string of the molecule is CCC1CCC(C(C)C(C)CNC)CC1. The first-order chi connectivity index (χ1) is 7.19. The molecule has 1 aliphatic rings. The molecular formula is C14H29N. The molecule has 0 amide bonds. The van der Waals surface area contributed by atoms with E-state index in [1.54, 1.807) is 0 Å². The number of hydrogen-bond acceptors (Lipinski definition) is 1. The molecule has 0 radical (unpaired) electrons. The van der Waals surface area contributed by atoms with Gasteiger partial charge < -0.3 is 5.32 Å². The molecule has 2 atom stereocenters. The van der Waals surface area contributed by atoms with Crippen LogP contribution in [0.2, 0.25) is 0 Å². The second kappa shape index (κ2) is 6.52. The van der Waals surface area contributed by atoms with Crippen molar-refractivity contribution in [2.24, 2.45) is 23.7 Å². The average Bonchev–Trinajstić information content (AvgIpc) is 2.28. The minimum atomic E-state index is 0.832. The van der Waals surface area contributed by atoms with Gasteiger partial charge in [0, 0.05) is 0 Å². The summed E-state index contributed by atoms with van der Waals surface area (Å²) >= 11 is 0. The second-order valence-electron chi connectivity index (χ2n) is 5.58. The summed E-state index contributed by atoms with van der Waals surface area (Å²) < 4.78 is 0. The molecule has 15 heavy (non-hydrogen) atoms. The van der Waals surface area contributed by atoms with Crippen LogP contribution in [0.5, 0.6) is 0 Å². The van der Waals surface area contributed by atoms with Crippen LogP contribution in [-0.2, 0) is 0 Å². The predicted molar refractivity (Wildman–Crippen MR) is 68.0 cm³/mol. The summed E-state index contributed by atoms with van der Waals surface area (Å²) in [6.07, 6.45) is 7.32. The van der Waals surface area contributed by atoms with Crippen molar-refractivity contribution >= 4 is 0 Å². The number of hydrogen-bond donors (Lipinski definition) is 1. The Hall–Kier alpha value is -0.0400. The Bertz CT molecular complexity index is 159. The minimum Gasteiger partial charge on any atom is -0.319 e. The lowest BCUT2D eigenvalue weighted by Crippen LogP contribution is -2.29. The van der Waals surface area contributed by atoms with Crippen LogP contribution in [0.1, 0.15) is 52.9 Å². The van der Waals surface area contributed by atoms with E-state index in [4.69, 9.17) is 0 Å². The van der Waals surface area contributed by atoms with E-state index in [-0.39, 0.29) is 0 Å². The van der Waals surface area contributed by atoms with Gasteiger partial charge in [-0.15, -0.1) is 0 Å². The summed E-state index contributed by atoms with van der Waals surface area (Å²) in [5.74, 6) is 3.76. The average molecular weight is 211 g/mol. The van der Waals surface area contributed by atoms with Crippen LogP contribution in [0.15, 0.2) is 0 Å². The molecule has 2 unspecified atom stereocenters. The van der Waals surface area contributed by atoms with Gasteiger partial charge in [-0.25, -0.2) is 0 Å². The van der Waals surface area contributed by atoms with Crippen LogP contribution in [0.4, 0.5) is 0 Å². The number of rotatable bonds is 5. The topological polar surface area (TPSA) is 12.0 Å². The van der Waals surface area contributed by atoms with Gasteiger partial charge >= 0.3 is 0 Å². The predicted octanol–water partition coefficient (Wildman–Crippen LogP) is 3.69. The van der Waals surface area contributed by atoms with E-state index in [2.05, 4.69) is 33.1 Å². The van der Waals surface area contributed by atoms with E-state index in [1.807, 2.05) is 0 Å². The van der Waals surface area contributed by atoms with E-state index in [0.29, 0.717) is 0 Å². The van der Waals surface area contributed by atoms with Gasteiger partial charge in [0.15, 0.2) is 0 Å². The molecule has 1 saturated carbocycles. The largest absolute Gasteiger partial charge is 0.319 e. The Kier molecular flexibility index (Phi) is 5.66. The van der Waals surface area contributed by atoms with Gasteiger partial charge in [0.2, 0.25) is 0 Å². The molecule has 1 nitrogen and oxygen atoms in total. The third-order valence-corrected chi connectivity index (χ3v) is 4.64. The molecule has 0 aromatic rings. The zero-order valence-corrected chi connectivity index (χ0v) is 11.1. The fourth-order valence-corrected chi connectivity index (χ4v) is 3.09. The Balaban J connectivity index is 2.32. The van der Waals surface area contributed by atoms with Gasteiger partial charge in [0.25, 0.3) is 0 Å². The highest BCUT2D eigenvalue weighted by atomic mass is 14.8. The second-order valence-corrected chi connectivity index (χ2v) is 5.58. The third-order valence-electron chi connectivity index (χ3n) is 4.64. The van der Waals surface area contributed by atoms with E-state index < -0.39 is 0 Å². The maximum atomic E-state index is 3.31. The summed E-state index contributed by atoms with van der Waals surface area (Å²) in [7, 11) is 2.07. The molecule has 1 N–H and O–H groups in total. The molecule has 0 aromatic heterocycles. The Morgan fingerprint density at radius 1 is 1.13 bits per heavy atom. The first kappa shape index (κ1) is 13.0. The molecule has 1 aliphatic carbocycles. The van der Waals surface area contributed by atoms with Gasteiger partial charge in [-0.3, -0.25) is 0 Å². The number of nitrogens with one attached hydrogen (secondary N) is 1. The van der Waals surface area contributed by atoms with E-state index in [0.717, 1.165) is 23.7 Å². The lowest BCUT2D eigenvalue weighted by atomic mass is 9.72. The van der Waals surface area contributed by atoms with Gasteiger partial charge in [-0.05, 0) is 50.1 Å². The molecule has 0 heterocycles. The Labute approximate surface area is 96.0 Å². The highest BCUT2D eigenvalue weighted by Gasteiger charge is 2.26. The van der Waals surface area contributed by atoms with Crippen molar-refractivity contribution in [2.45, 2.75) is 52.9 Å². The molecule has 0 saturated heterocycles. The molecule has 1 heteroatoms. The Morgan fingerprint density at radius 3 is 2.20 bits per heavy atom. The summed E-state index contributed by atoms with van der Waals surface area (Å²) in [6, 6.07) is 0. The molecular weight excluding hydrogens is 182 g/mol. The molecule has 1 fully saturated rings. The van der Waals surface area contributed by atoms with Crippen molar-refractivity contribution in [3.05, 3.63) is 0 Å². The van der Waals surface area contributed by atoms with E-state index in [1.165, 1.54) is 38.6 Å². The van der Waals surface area contributed by atoms with Crippen LogP contribution >= 0.6 is 0 Å². The van der Waals surface area contributed by atoms with Gasteiger partial charge in [-0.1, -0.05) is 40.0 Å². The first-order valence-corrected chi connectivity index (χ1v) is 6.83. The molecule has 0 aliphatic heterocycles. The zero-order chi connectivity index (χ0) is 11.3. The van der Waals surface area contributed by atoms with E-state index >= 15 is 0 Å².